The number of hydrogen-bond acceptors (Lipinski definition) is 2. The van der Waals surface area contributed by atoms with Crippen molar-refractivity contribution < 1.29 is 4.79 Å². The first kappa shape index (κ1) is 14.6. The van der Waals surface area contributed by atoms with Crippen LogP contribution in [0.5, 0.6) is 0 Å². The number of nitrogens with zero attached hydrogens (tertiary/aromatic N) is 1. The Morgan fingerprint density at radius 2 is 2.16 bits per heavy atom. The lowest BCUT2D eigenvalue weighted by Crippen LogP contribution is -2.48. The van der Waals surface area contributed by atoms with E-state index in [-0.39, 0.29) is 11.5 Å². The second-order valence-corrected chi connectivity index (χ2v) is 6.78. The molecule has 2 rings (SSSR count). The van der Waals surface area contributed by atoms with E-state index in [0.29, 0.717) is 11.9 Å². The minimum Gasteiger partial charge on any atom is -0.338 e. The number of carbonyl (C=O) groups is 1. The molecule has 2 atom stereocenters. The monoisotopic (exact) mass is 264 g/mol. The summed E-state index contributed by atoms with van der Waals surface area (Å²) in [6.07, 6.45) is 11.1. The van der Waals surface area contributed by atoms with E-state index in [1.807, 2.05) is 7.05 Å². The molecule has 3 nitrogen and oxygen atoms in total. The highest BCUT2D eigenvalue weighted by atomic mass is 16.2. The molecule has 1 aliphatic heterocycles. The van der Waals surface area contributed by atoms with Crippen molar-refractivity contribution in [1.29, 1.82) is 0 Å². The molecule has 2 aliphatic rings. The summed E-state index contributed by atoms with van der Waals surface area (Å²) in [6, 6.07) is 0.403. The summed E-state index contributed by atoms with van der Waals surface area (Å²) in [5.74, 6) is 0.313. The lowest BCUT2D eigenvalue weighted by atomic mass is 9.83. The first-order valence-electron chi connectivity index (χ1n) is 7.66. The van der Waals surface area contributed by atoms with Crippen LogP contribution in [0.1, 0.15) is 52.4 Å². The van der Waals surface area contributed by atoms with Gasteiger partial charge in [0.25, 0.3) is 0 Å². The standard InChI is InChI=1S/C16H28N2O/c1-16(2)10-11-18(15(19)14(12-16)17-3)13-8-6-4-5-7-9-13/h4,6,13-14,17H,5,7-12H2,1-3H3. The molecule has 0 bridgehead atoms. The third-order valence-electron chi connectivity index (χ3n) is 4.64. The molecule has 1 heterocycles. The Morgan fingerprint density at radius 1 is 1.37 bits per heavy atom. The molecular formula is C16H28N2O. The Kier molecular flexibility index (Phi) is 4.67. The summed E-state index contributed by atoms with van der Waals surface area (Å²) >= 11 is 0. The maximum absolute atomic E-state index is 12.7. The van der Waals surface area contributed by atoms with Crippen molar-refractivity contribution in [3.63, 3.8) is 0 Å². The molecule has 0 radical (unpaired) electrons. The molecule has 0 saturated carbocycles. The van der Waals surface area contributed by atoms with E-state index in [1.165, 1.54) is 12.8 Å². The maximum atomic E-state index is 12.7. The fraction of sp³-hybridized carbons (Fsp3) is 0.812. The topological polar surface area (TPSA) is 32.3 Å². The third-order valence-corrected chi connectivity index (χ3v) is 4.64. The molecule has 1 amide bonds. The number of rotatable bonds is 2. The van der Waals surface area contributed by atoms with Crippen LogP contribution in [0, 0.1) is 5.41 Å². The number of nitrogens with one attached hydrogen (secondary N) is 1. The molecule has 108 valence electrons. The van der Waals surface area contributed by atoms with Crippen molar-refractivity contribution in [2.45, 2.75) is 64.5 Å². The van der Waals surface area contributed by atoms with E-state index < -0.39 is 0 Å². The van der Waals surface area contributed by atoms with Gasteiger partial charge in [0.2, 0.25) is 5.91 Å². The minimum atomic E-state index is -0.00951. The lowest BCUT2D eigenvalue weighted by molar-refractivity contribution is -0.135. The summed E-state index contributed by atoms with van der Waals surface area (Å²) < 4.78 is 0. The SMILES string of the molecule is CNC1CC(C)(C)CCN(C2CC=CCCC2)C1=O. The number of hydrogen-bond donors (Lipinski definition) is 1. The Morgan fingerprint density at radius 3 is 2.89 bits per heavy atom. The summed E-state index contributed by atoms with van der Waals surface area (Å²) in [6.45, 7) is 5.48. The zero-order valence-electron chi connectivity index (χ0n) is 12.6. The van der Waals surface area contributed by atoms with Crippen LogP contribution >= 0.6 is 0 Å². The molecule has 0 aromatic carbocycles. The first-order chi connectivity index (χ1) is 9.03. The van der Waals surface area contributed by atoms with Crippen molar-refractivity contribution in [2.24, 2.45) is 5.41 Å². The summed E-state index contributed by atoms with van der Waals surface area (Å²) in [4.78, 5) is 14.9. The van der Waals surface area contributed by atoms with Crippen LogP contribution in [0.3, 0.4) is 0 Å². The molecule has 0 spiro atoms. The van der Waals surface area contributed by atoms with E-state index in [1.54, 1.807) is 0 Å². The van der Waals surface area contributed by atoms with Gasteiger partial charge in [0.15, 0.2) is 0 Å². The van der Waals surface area contributed by atoms with Crippen LogP contribution in [0.15, 0.2) is 12.2 Å². The van der Waals surface area contributed by atoms with Crippen molar-refractivity contribution in [1.82, 2.24) is 10.2 Å². The van der Waals surface area contributed by atoms with Crippen molar-refractivity contribution in [3.05, 3.63) is 12.2 Å². The molecule has 19 heavy (non-hydrogen) atoms. The van der Waals surface area contributed by atoms with Gasteiger partial charge in [-0.2, -0.15) is 0 Å². The lowest BCUT2D eigenvalue weighted by Gasteiger charge is -2.32. The number of carbonyl (C=O) groups excluding carboxylic acids is 1. The quantitative estimate of drug-likeness (QED) is 0.778. The van der Waals surface area contributed by atoms with E-state index in [4.69, 9.17) is 0 Å². The highest BCUT2D eigenvalue weighted by Gasteiger charge is 2.36. The molecular weight excluding hydrogens is 236 g/mol. The Hall–Kier alpha value is -0.830. The van der Waals surface area contributed by atoms with Crippen molar-refractivity contribution >= 4 is 5.91 Å². The zero-order chi connectivity index (χ0) is 13.9. The Labute approximate surface area is 117 Å². The number of likely N-dealkylation sites (N-methyl/N-ethyl adjacent to an activating group) is 1. The van der Waals surface area contributed by atoms with Crippen LogP contribution in [-0.4, -0.2) is 36.5 Å². The van der Waals surface area contributed by atoms with E-state index >= 15 is 0 Å². The predicted octanol–water partition coefficient (Wildman–Crippen LogP) is 2.72. The van der Waals surface area contributed by atoms with Gasteiger partial charge in [-0.1, -0.05) is 26.0 Å². The van der Waals surface area contributed by atoms with Gasteiger partial charge < -0.3 is 10.2 Å². The van der Waals surface area contributed by atoms with Gasteiger partial charge in [-0.25, -0.2) is 0 Å². The summed E-state index contributed by atoms with van der Waals surface area (Å²) in [5, 5.41) is 3.22. The predicted molar refractivity (Wildman–Crippen MR) is 79.0 cm³/mol. The van der Waals surface area contributed by atoms with Crippen molar-refractivity contribution in [2.75, 3.05) is 13.6 Å². The van der Waals surface area contributed by atoms with Gasteiger partial charge in [0.05, 0.1) is 6.04 Å². The molecule has 1 saturated heterocycles. The Bertz CT molecular complexity index is 349. The molecule has 1 N–H and O–H groups in total. The molecule has 1 aliphatic carbocycles. The van der Waals surface area contributed by atoms with Crippen LogP contribution < -0.4 is 5.32 Å². The summed E-state index contributed by atoms with van der Waals surface area (Å²) in [5.41, 5.74) is 0.249. The van der Waals surface area contributed by atoms with Gasteiger partial charge in [-0.3, -0.25) is 4.79 Å². The van der Waals surface area contributed by atoms with Gasteiger partial charge >= 0.3 is 0 Å². The third kappa shape index (κ3) is 3.59. The van der Waals surface area contributed by atoms with Crippen molar-refractivity contribution in [3.8, 4) is 0 Å². The average Bonchev–Trinajstić information content (AvgIpc) is 2.69. The number of allylic oxidation sites excluding steroid dienone is 1. The number of amides is 1. The molecule has 0 aromatic rings. The maximum Gasteiger partial charge on any atom is 0.239 e. The van der Waals surface area contributed by atoms with Crippen LogP contribution in [0.25, 0.3) is 0 Å². The van der Waals surface area contributed by atoms with E-state index in [2.05, 4.69) is 36.2 Å². The van der Waals surface area contributed by atoms with Gasteiger partial charge in [0, 0.05) is 12.6 Å². The minimum absolute atomic E-state index is 0.00951. The first-order valence-corrected chi connectivity index (χ1v) is 7.66. The highest BCUT2D eigenvalue weighted by molar-refractivity contribution is 5.82. The molecule has 1 fully saturated rings. The fourth-order valence-electron chi connectivity index (χ4n) is 3.31. The summed E-state index contributed by atoms with van der Waals surface area (Å²) in [7, 11) is 1.91. The van der Waals surface area contributed by atoms with E-state index in [0.717, 1.165) is 32.2 Å². The van der Waals surface area contributed by atoms with E-state index in [9.17, 15) is 4.79 Å². The normalized spacial score (nSPS) is 31.9. The van der Waals surface area contributed by atoms with Gasteiger partial charge in [-0.15, -0.1) is 0 Å². The molecule has 2 unspecified atom stereocenters. The smallest absolute Gasteiger partial charge is 0.239 e. The molecule has 0 aromatic heterocycles. The number of likely N-dealkylation sites (tertiary alicyclic amines) is 1. The fourth-order valence-corrected chi connectivity index (χ4v) is 3.31. The highest BCUT2D eigenvalue weighted by Crippen LogP contribution is 2.32. The zero-order valence-corrected chi connectivity index (χ0v) is 12.6. The second-order valence-electron chi connectivity index (χ2n) is 6.78. The van der Waals surface area contributed by atoms with Gasteiger partial charge in [-0.05, 0) is 51.0 Å². The van der Waals surface area contributed by atoms with Crippen LogP contribution in [0.4, 0.5) is 0 Å². The van der Waals surface area contributed by atoms with Crippen LogP contribution in [0.2, 0.25) is 0 Å². The average molecular weight is 264 g/mol. The second kappa shape index (κ2) is 6.08. The molecule has 3 heteroatoms. The Balaban J connectivity index is 2.14. The van der Waals surface area contributed by atoms with Crippen LogP contribution in [-0.2, 0) is 4.79 Å². The van der Waals surface area contributed by atoms with Gasteiger partial charge in [0.1, 0.15) is 0 Å². The largest absolute Gasteiger partial charge is 0.338 e.